The number of hydrogen-bond donors (Lipinski definition) is 3. The molecule has 1 rings (SSSR count). The van der Waals surface area contributed by atoms with Gasteiger partial charge in [0, 0.05) is 25.9 Å². The third-order valence-corrected chi connectivity index (χ3v) is 3.98. The SMILES string of the molecule is COCCOCCCNC(=NCC(C)(C)C(N)=O)Nc1ccc(OC(C)C)cc1.I. The number of nitrogens with one attached hydrogen (secondary N) is 2. The lowest BCUT2D eigenvalue weighted by atomic mass is 9.93. The van der Waals surface area contributed by atoms with Gasteiger partial charge in [0.15, 0.2) is 5.96 Å². The lowest BCUT2D eigenvalue weighted by Gasteiger charge is -2.19. The Morgan fingerprint density at radius 3 is 2.40 bits per heavy atom. The van der Waals surface area contributed by atoms with E-state index in [1.165, 1.54) is 0 Å². The molecule has 30 heavy (non-hydrogen) atoms. The zero-order chi connectivity index (χ0) is 21.7. The number of carbonyl (C=O) groups is 1. The Kier molecular flexibility index (Phi) is 14.4. The zero-order valence-electron chi connectivity index (χ0n) is 18.7. The first-order valence-electron chi connectivity index (χ1n) is 9.93. The number of amides is 1. The van der Waals surface area contributed by atoms with E-state index in [9.17, 15) is 4.79 Å². The fourth-order valence-electron chi connectivity index (χ4n) is 2.15. The fourth-order valence-corrected chi connectivity index (χ4v) is 2.15. The van der Waals surface area contributed by atoms with Crippen molar-refractivity contribution in [1.29, 1.82) is 0 Å². The summed E-state index contributed by atoms with van der Waals surface area (Å²) >= 11 is 0. The van der Waals surface area contributed by atoms with E-state index in [-0.39, 0.29) is 42.5 Å². The van der Waals surface area contributed by atoms with Gasteiger partial charge in [0.2, 0.25) is 5.91 Å². The highest BCUT2D eigenvalue weighted by Gasteiger charge is 2.24. The van der Waals surface area contributed by atoms with Gasteiger partial charge in [-0.2, -0.15) is 0 Å². The van der Waals surface area contributed by atoms with Gasteiger partial charge >= 0.3 is 0 Å². The summed E-state index contributed by atoms with van der Waals surface area (Å²) in [7, 11) is 1.65. The number of hydrogen-bond acceptors (Lipinski definition) is 5. The Labute approximate surface area is 197 Å². The molecule has 0 aliphatic heterocycles. The summed E-state index contributed by atoms with van der Waals surface area (Å²) in [5.74, 6) is 0.996. The number of benzene rings is 1. The minimum Gasteiger partial charge on any atom is -0.491 e. The molecule has 0 fully saturated rings. The van der Waals surface area contributed by atoms with Crippen LogP contribution in [0.4, 0.5) is 5.69 Å². The van der Waals surface area contributed by atoms with Crippen LogP contribution in [0.15, 0.2) is 29.3 Å². The standard InChI is InChI=1S/C21H36N4O4.HI/c1-16(2)29-18-9-7-17(8-10-18)25-20(24-15-21(3,4)19(22)26)23-11-6-12-28-14-13-27-5;/h7-10,16H,6,11-15H2,1-5H3,(H2,22,26)(H2,23,24,25);1H. The summed E-state index contributed by atoms with van der Waals surface area (Å²) in [6, 6.07) is 7.64. The molecule has 1 aromatic carbocycles. The minimum atomic E-state index is -0.729. The van der Waals surface area contributed by atoms with E-state index in [1.54, 1.807) is 21.0 Å². The second kappa shape index (κ2) is 15.2. The average molecular weight is 536 g/mol. The third-order valence-electron chi connectivity index (χ3n) is 3.98. The number of primary amides is 1. The van der Waals surface area contributed by atoms with E-state index < -0.39 is 5.41 Å². The molecule has 0 aliphatic rings. The van der Waals surface area contributed by atoms with E-state index in [1.807, 2.05) is 38.1 Å². The van der Waals surface area contributed by atoms with Crippen molar-refractivity contribution in [3.63, 3.8) is 0 Å². The molecule has 172 valence electrons. The molecule has 0 radical (unpaired) electrons. The summed E-state index contributed by atoms with van der Waals surface area (Å²) in [4.78, 5) is 16.1. The lowest BCUT2D eigenvalue weighted by molar-refractivity contribution is -0.125. The lowest BCUT2D eigenvalue weighted by Crippen LogP contribution is -2.37. The maximum atomic E-state index is 11.6. The van der Waals surface area contributed by atoms with Crippen molar-refractivity contribution in [1.82, 2.24) is 5.32 Å². The van der Waals surface area contributed by atoms with Crippen molar-refractivity contribution < 1.29 is 19.0 Å². The van der Waals surface area contributed by atoms with Crippen molar-refractivity contribution in [2.24, 2.45) is 16.1 Å². The van der Waals surface area contributed by atoms with E-state index in [0.717, 1.165) is 17.9 Å². The second-order valence-electron chi connectivity index (χ2n) is 7.61. The Morgan fingerprint density at radius 1 is 1.17 bits per heavy atom. The van der Waals surface area contributed by atoms with Gasteiger partial charge in [-0.1, -0.05) is 0 Å². The molecule has 1 aromatic rings. The quantitative estimate of drug-likeness (QED) is 0.155. The van der Waals surface area contributed by atoms with Gasteiger partial charge in [-0.15, -0.1) is 24.0 Å². The number of nitrogens with zero attached hydrogens (tertiary/aromatic N) is 1. The molecule has 0 bridgehead atoms. The summed E-state index contributed by atoms with van der Waals surface area (Å²) in [5.41, 5.74) is 5.59. The molecule has 9 heteroatoms. The first-order chi connectivity index (χ1) is 13.7. The number of halogens is 1. The molecule has 0 unspecified atom stereocenters. The van der Waals surface area contributed by atoms with Crippen LogP contribution in [-0.4, -0.2) is 58.0 Å². The van der Waals surface area contributed by atoms with Gasteiger partial charge in [-0.3, -0.25) is 9.79 Å². The molecule has 0 atom stereocenters. The number of anilines is 1. The molecule has 0 spiro atoms. The average Bonchev–Trinajstić information content (AvgIpc) is 2.66. The van der Waals surface area contributed by atoms with Gasteiger partial charge < -0.3 is 30.6 Å². The Hall–Kier alpha value is -1.59. The first kappa shape index (κ1) is 28.4. The van der Waals surface area contributed by atoms with Gasteiger partial charge in [0.1, 0.15) is 5.75 Å². The van der Waals surface area contributed by atoms with E-state index >= 15 is 0 Å². The summed E-state index contributed by atoms with van der Waals surface area (Å²) < 4.78 is 16.1. The number of aliphatic imine (C=N–C) groups is 1. The fraction of sp³-hybridized carbons (Fsp3) is 0.619. The molecule has 0 aromatic heterocycles. The monoisotopic (exact) mass is 536 g/mol. The molecule has 4 N–H and O–H groups in total. The predicted molar refractivity (Wildman–Crippen MR) is 132 cm³/mol. The van der Waals surface area contributed by atoms with Crippen LogP contribution in [0.25, 0.3) is 0 Å². The zero-order valence-corrected chi connectivity index (χ0v) is 21.0. The molecule has 0 saturated carbocycles. The molecular formula is C21H37IN4O4. The molecule has 0 heterocycles. The minimum absolute atomic E-state index is 0. The van der Waals surface area contributed by atoms with Crippen LogP contribution in [0.2, 0.25) is 0 Å². The maximum Gasteiger partial charge on any atom is 0.224 e. The van der Waals surface area contributed by atoms with Crippen LogP contribution in [0, 0.1) is 5.41 Å². The summed E-state index contributed by atoms with van der Waals surface area (Å²) in [6.45, 7) is 10.3. The van der Waals surface area contributed by atoms with Crippen molar-refractivity contribution in [3.8, 4) is 5.75 Å². The molecule has 0 saturated heterocycles. The molecule has 0 aliphatic carbocycles. The predicted octanol–water partition coefficient (Wildman–Crippen LogP) is 3.01. The number of nitrogens with two attached hydrogens (primary N) is 1. The highest BCUT2D eigenvalue weighted by Crippen LogP contribution is 2.17. The summed E-state index contributed by atoms with van der Waals surface area (Å²) in [5, 5.41) is 6.51. The van der Waals surface area contributed by atoms with E-state index in [0.29, 0.717) is 32.3 Å². The van der Waals surface area contributed by atoms with E-state index in [4.69, 9.17) is 19.9 Å². The smallest absolute Gasteiger partial charge is 0.224 e. The number of methoxy groups -OCH3 is 1. The topological polar surface area (TPSA) is 107 Å². The number of rotatable bonds is 13. The van der Waals surface area contributed by atoms with Crippen LogP contribution >= 0.6 is 24.0 Å². The molecule has 8 nitrogen and oxygen atoms in total. The number of guanidine groups is 1. The van der Waals surface area contributed by atoms with Crippen LogP contribution in [0.1, 0.15) is 34.1 Å². The Bertz CT molecular complexity index is 636. The highest BCUT2D eigenvalue weighted by atomic mass is 127. The Balaban J connectivity index is 0.00000841. The molecular weight excluding hydrogens is 499 g/mol. The van der Waals surface area contributed by atoms with Crippen molar-refractivity contribution in [3.05, 3.63) is 24.3 Å². The van der Waals surface area contributed by atoms with Crippen LogP contribution in [0.3, 0.4) is 0 Å². The third kappa shape index (κ3) is 12.2. The van der Waals surface area contributed by atoms with Crippen molar-refractivity contribution >= 4 is 41.5 Å². The maximum absolute atomic E-state index is 11.6. The second-order valence-corrected chi connectivity index (χ2v) is 7.61. The summed E-state index contributed by atoms with van der Waals surface area (Å²) in [6.07, 6.45) is 0.930. The number of ether oxygens (including phenoxy) is 3. The van der Waals surface area contributed by atoms with Crippen LogP contribution in [-0.2, 0) is 14.3 Å². The van der Waals surface area contributed by atoms with Crippen LogP contribution in [0.5, 0.6) is 5.75 Å². The van der Waals surface area contributed by atoms with Gasteiger partial charge in [-0.25, -0.2) is 0 Å². The van der Waals surface area contributed by atoms with E-state index in [2.05, 4.69) is 15.6 Å². The first-order valence-corrected chi connectivity index (χ1v) is 9.93. The molecule has 1 amide bonds. The van der Waals surface area contributed by atoms with Gasteiger partial charge in [-0.05, 0) is 58.4 Å². The van der Waals surface area contributed by atoms with Crippen LogP contribution < -0.4 is 21.1 Å². The Morgan fingerprint density at radius 2 is 1.83 bits per heavy atom. The van der Waals surface area contributed by atoms with Crippen molar-refractivity contribution in [2.75, 3.05) is 45.3 Å². The normalized spacial score (nSPS) is 11.7. The van der Waals surface area contributed by atoms with Gasteiger partial charge in [0.25, 0.3) is 0 Å². The van der Waals surface area contributed by atoms with Crippen molar-refractivity contribution in [2.45, 2.75) is 40.2 Å². The largest absolute Gasteiger partial charge is 0.491 e. The number of carbonyl (C=O) groups excluding carboxylic acids is 1. The highest BCUT2D eigenvalue weighted by molar-refractivity contribution is 14.0. The van der Waals surface area contributed by atoms with Gasteiger partial charge in [0.05, 0.1) is 31.3 Å².